The lowest BCUT2D eigenvalue weighted by Gasteiger charge is -2.26. The van der Waals surface area contributed by atoms with Gasteiger partial charge in [-0.3, -0.25) is 9.69 Å². The van der Waals surface area contributed by atoms with Gasteiger partial charge < -0.3 is 10.1 Å². The number of rotatable bonds is 11. The predicted octanol–water partition coefficient (Wildman–Crippen LogP) is 4.80. The largest absolute Gasteiger partial charge is 0.494 e. The molecular formula is C25H34N2O2S. The molecule has 0 aromatic heterocycles. The topological polar surface area (TPSA) is 41.6 Å². The Morgan fingerprint density at radius 3 is 2.67 bits per heavy atom. The van der Waals surface area contributed by atoms with Crippen LogP contribution in [0.5, 0.6) is 5.75 Å². The second kappa shape index (κ2) is 12.7. The minimum Gasteiger partial charge on any atom is -0.494 e. The van der Waals surface area contributed by atoms with Gasteiger partial charge in [-0.25, -0.2) is 0 Å². The van der Waals surface area contributed by atoms with Crippen LogP contribution in [-0.4, -0.2) is 42.8 Å². The lowest BCUT2D eigenvalue weighted by atomic mass is 10.1. The maximum atomic E-state index is 12.0. The molecule has 1 N–H and O–H groups in total. The Morgan fingerprint density at radius 1 is 1.07 bits per heavy atom. The van der Waals surface area contributed by atoms with Crippen LogP contribution in [-0.2, 0) is 17.1 Å². The van der Waals surface area contributed by atoms with E-state index in [9.17, 15) is 4.79 Å². The fourth-order valence-corrected chi connectivity index (χ4v) is 4.41. The van der Waals surface area contributed by atoms with Gasteiger partial charge >= 0.3 is 0 Å². The Hall–Kier alpha value is -1.98. The van der Waals surface area contributed by atoms with E-state index in [1.165, 1.54) is 49.0 Å². The molecule has 30 heavy (non-hydrogen) atoms. The zero-order valence-corrected chi connectivity index (χ0v) is 18.9. The molecule has 1 amide bonds. The van der Waals surface area contributed by atoms with E-state index in [-0.39, 0.29) is 5.91 Å². The van der Waals surface area contributed by atoms with Crippen LogP contribution in [0.4, 0.5) is 0 Å². The molecule has 162 valence electrons. The van der Waals surface area contributed by atoms with E-state index in [1.807, 2.05) is 6.07 Å². The van der Waals surface area contributed by atoms with Crippen LogP contribution in [0.15, 0.2) is 48.5 Å². The summed E-state index contributed by atoms with van der Waals surface area (Å²) < 4.78 is 5.89. The molecule has 1 heterocycles. The van der Waals surface area contributed by atoms with E-state index >= 15 is 0 Å². The fourth-order valence-electron chi connectivity index (χ4n) is 3.60. The molecule has 0 atom stereocenters. The summed E-state index contributed by atoms with van der Waals surface area (Å²) in [5.74, 6) is 2.37. The van der Waals surface area contributed by atoms with Gasteiger partial charge in [-0.1, -0.05) is 48.4 Å². The number of piperidine rings is 1. The van der Waals surface area contributed by atoms with E-state index < -0.39 is 0 Å². The Bertz CT molecular complexity index is 773. The molecule has 3 rings (SSSR count). The van der Waals surface area contributed by atoms with E-state index in [0.717, 1.165) is 24.5 Å². The summed E-state index contributed by atoms with van der Waals surface area (Å²) in [5.41, 5.74) is 3.83. The zero-order chi connectivity index (χ0) is 21.0. The predicted molar refractivity (Wildman–Crippen MR) is 126 cm³/mol. The Morgan fingerprint density at radius 2 is 1.87 bits per heavy atom. The molecule has 0 saturated carbocycles. The molecule has 0 aliphatic carbocycles. The summed E-state index contributed by atoms with van der Waals surface area (Å²) >= 11 is 1.65. The number of carbonyl (C=O) groups is 1. The highest BCUT2D eigenvalue weighted by molar-refractivity contribution is 7.99. The van der Waals surface area contributed by atoms with Crippen LogP contribution < -0.4 is 10.1 Å². The average Bonchev–Trinajstić information content (AvgIpc) is 2.76. The smallest absolute Gasteiger partial charge is 0.230 e. The number of nitrogens with zero attached hydrogens (tertiary/aromatic N) is 1. The van der Waals surface area contributed by atoms with Crippen LogP contribution in [0, 0.1) is 6.92 Å². The summed E-state index contributed by atoms with van der Waals surface area (Å²) in [6.45, 7) is 6.76. The minimum atomic E-state index is 0.0932. The number of aryl methyl sites for hydroxylation is 1. The second-order valence-corrected chi connectivity index (χ2v) is 9.00. The number of hydrogen-bond donors (Lipinski definition) is 1. The zero-order valence-electron chi connectivity index (χ0n) is 18.1. The van der Waals surface area contributed by atoms with Crippen molar-refractivity contribution in [3.8, 4) is 5.75 Å². The number of nitrogens with one attached hydrogen (secondary N) is 1. The molecule has 0 bridgehead atoms. The van der Waals surface area contributed by atoms with Crippen LogP contribution >= 0.6 is 11.8 Å². The number of ether oxygens (including phenoxy) is 1. The van der Waals surface area contributed by atoms with E-state index in [1.54, 1.807) is 11.8 Å². The van der Waals surface area contributed by atoms with E-state index in [4.69, 9.17) is 4.74 Å². The lowest BCUT2D eigenvalue weighted by molar-refractivity contribution is -0.118. The van der Waals surface area contributed by atoms with Crippen molar-refractivity contribution in [3.05, 3.63) is 65.2 Å². The SMILES string of the molecule is Cc1ccc(CSCC(=O)NCCCOc2cccc(CN3CCCCC3)c2)cc1. The molecule has 1 fully saturated rings. The summed E-state index contributed by atoms with van der Waals surface area (Å²) in [6, 6.07) is 16.9. The number of thioether (sulfide) groups is 1. The first-order valence-corrected chi connectivity index (χ1v) is 12.2. The molecule has 1 aliphatic heterocycles. The van der Waals surface area contributed by atoms with Crippen molar-refractivity contribution >= 4 is 17.7 Å². The number of amides is 1. The molecule has 2 aromatic carbocycles. The Balaban J connectivity index is 1.26. The number of likely N-dealkylation sites (tertiary alicyclic amines) is 1. The normalized spacial score (nSPS) is 14.4. The standard InChI is InChI=1S/C25H34N2O2S/c1-21-9-11-22(12-10-21)19-30-20-25(28)26-13-6-16-29-24-8-5-7-23(17-24)18-27-14-3-2-4-15-27/h5,7-12,17H,2-4,6,13-16,18-20H2,1H3,(H,26,28). The molecule has 4 nitrogen and oxygen atoms in total. The third-order valence-corrected chi connectivity index (χ3v) is 6.29. The van der Waals surface area contributed by atoms with Gasteiger partial charge in [0.05, 0.1) is 12.4 Å². The molecule has 5 heteroatoms. The summed E-state index contributed by atoms with van der Waals surface area (Å²) in [5, 5.41) is 2.98. The van der Waals surface area contributed by atoms with Gasteiger partial charge in [-0.2, -0.15) is 0 Å². The Kier molecular flexibility index (Phi) is 9.58. The van der Waals surface area contributed by atoms with Crippen molar-refractivity contribution in [1.82, 2.24) is 10.2 Å². The first-order chi connectivity index (χ1) is 14.7. The molecule has 0 radical (unpaired) electrons. The molecule has 0 unspecified atom stereocenters. The summed E-state index contributed by atoms with van der Waals surface area (Å²) in [4.78, 5) is 14.5. The number of benzene rings is 2. The van der Waals surface area contributed by atoms with E-state index in [2.05, 4.69) is 59.6 Å². The van der Waals surface area contributed by atoms with Gasteiger partial charge in [0, 0.05) is 18.8 Å². The third kappa shape index (κ3) is 8.41. The second-order valence-electron chi connectivity index (χ2n) is 8.01. The van der Waals surface area contributed by atoms with Gasteiger partial charge in [0.2, 0.25) is 5.91 Å². The summed E-state index contributed by atoms with van der Waals surface area (Å²) in [6.07, 6.45) is 4.80. The highest BCUT2D eigenvalue weighted by Crippen LogP contribution is 2.18. The molecule has 0 spiro atoms. The lowest BCUT2D eigenvalue weighted by Crippen LogP contribution is -2.29. The van der Waals surface area contributed by atoms with Crippen molar-refractivity contribution in [2.45, 2.75) is 44.9 Å². The maximum Gasteiger partial charge on any atom is 0.230 e. The van der Waals surface area contributed by atoms with Gasteiger partial charge in [0.1, 0.15) is 5.75 Å². The average molecular weight is 427 g/mol. The van der Waals surface area contributed by atoms with E-state index in [0.29, 0.717) is 18.9 Å². The number of carbonyl (C=O) groups excluding carboxylic acids is 1. The Labute approximate surface area is 185 Å². The van der Waals surface area contributed by atoms with Crippen molar-refractivity contribution in [1.29, 1.82) is 0 Å². The van der Waals surface area contributed by atoms with Gasteiger partial charge in [0.25, 0.3) is 0 Å². The van der Waals surface area contributed by atoms with Crippen molar-refractivity contribution in [2.24, 2.45) is 0 Å². The van der Waals surface area contributed by atoms with Gasteiger partial charge in [-0.05, 0) is 62.5 Å². The minimum absolute atomic E-state index is 0.0932. The first-order valence-electron chi connectivity index (χ1n) is 11.0. The summed E-state index contributed by atoms with van der Waals surface area (Å²) in [7, 11) is 0. The maximum absolute atomic E-state index is 12.0. The molecule has 1 aliphatic rings. The van der Waals surface area contributed by atoms with Crippen LogP contribution in [0.3, 0.4) is 0 Å². The van der Waals surface area contributed by atoms with Crippen molar-refractivity contribution in [3.63, 3.8) is 0 Å². The molecule has 1 saturated heterocycles. The van der Waals surface area contributed by atoms with Crippen LogP contribution in [0.1, 0.15) is 42.4 Å². The van der Waals surface area contributed by atoms with Gasteiger partial charge in [0.15, 0.2) is 0 Å². The highest BCUT2D eigenvalue weighted by atomic mass is 32.2. The quantitative estimate of drug-likeness (QED) is 0.524. The monoisotopic (exact) mass is 426 g/mol. The number of hydrogen-bond acceptors (Lipinski definition) is 4. The third-order valence-electron chi connectivity index (χ3n) is 5.29. The van der Waals surface area contributed by atoms with Gasteiger partial charge in [-0.15, -0.1) is 11.8 Å². The van der Waals surface area contributed by atoms with Crippen LogP contribution in [0.2, 0.25) is 0 Å². The fraction of sp³-hybridized carbons (Fsp3) is 0.480. The van der Waals surface area contributed by atoms with Crippen LogP contribution in [0.25, 0.3) is 0 Å². The van der Waals surface area contributed by atoms with Crippen molar-refractivity contribution in [2.75, 3.05) is 32.0 Å². The first kappa shape index (κ1) is 22.7. The molecular weight excluding hydrogens is 392 g/mol. The molecule has 2 aromatic rings. The van der Waals surface area contributed by atoms with Crippen molar-refractivity contribution < 1.29 is 9.53 Å². The highest BCUT2D eigenvalue weighted by Gasteiger charge is 2.10.